The van der Waals surface area contributed by atoms with E-state index in [0.717, 1.165) is 0 Å². The molecule has 0 aliphatic heterocycles. The molecule has 104 valence electrons. The van der Waals surface area contributed by atoms with Gasteiger partial charge in [-0.05, 0) is 34.7 Å². The monoisotopic (exact) mass is 389 g/mol. The molecule has 2 rings (SSSR count). The molecule has 0 saturated carbocycles. The van der Waals surface area contributed by atoms with E-state index in [1.165, 1.54) is 31.6 Å². The Morgan fingerprint density at radius 2 is 2.20 bits per heavy atom. The Kier molecular flexibility index (Phi) is 4.17. The van der Waals surface area contributed by atoms with Crippen molar-refractivity contribution >= 4 is 28.3 Å². The number of aromatic nitrogens is 2. The molecule has 20 heavy (non-hydrogen) atoms. The van der Waals surface area contributed by atoms with Gasteiger partial charge >= 0.3 is 5.69 Å². The van der Waals surface area contributed by atoms with E-state index in [-0.39, 0.29) is 32.2 Å². The number of H-pyrrole nitrogens is 1. The molecule has 1 N–H and O–H groups in total. The van der Waals surface area contributed by atoms with Gasteiger partial charge in [0.2, 0.25) is 5.88 Å². The second-order valence-corrected chi connectivity index (χ2v) is 4.62. The Labute approximate surface area is 126 Å². The van der Waals surface area contributed by atoms with Gasteiger partial charge < -0.3 is 14.5 Å². The van der Waals surface area contributed by atoms with Crippen LogP contribution in [0.15, 0.2) is 29.3 Å². The number of nitrogens with zero attached hydrogens (tertiary/aromatic N) is 2. The lowest BCUT2D eigenvalue weighted by Crippen LogP contribution is -2.11. The topological polar surface area (TPSA) is 107 Å². The van der Waals surface area contributed by atoms with Crippen molar-refractivity contribution in [3.8, 4) is 17.4 Å². The van der Waals surface area contributed by atoms with Gasteiger partial charge in [-0.2, -0.15) is 0 Å². The van der Waals surface area contributed by atoms with E-state index >= 15 is 0 Å². The molecule has 0 unspecified atom stereocenters. The van der Waals surface area contributed by atoms with Gasteiger partial charge in [-0.25, -0.2) is 4.98 Å². The summed E-state index contributed by atoms with van der Waals surface area (Å²) in [6.45, 7) is 0. The van der Waals surface area contributed by atoms with Crippen LogP contribution in [0.1, 0.15) is 0 Å². The van der Waals surface area contributed by atoms with Crippen LogP contribution in [0, 0.1) is 13.7 Å². The van der Waals surface area contributed by atoms with E-state index in [2.05, 4.69) is 9.97 Å². The molecule has 8 nitrogen and oxygen atoms in total. The first-order valence-electron chi connectivity index (χ1n) is 5.26. The van der Waals surface area contributed by atoms with Gasteiger partial charge in [0, 0.05) is 0 Å². The van der Waals surface area contributed by atoms with Gasteiger partial charge in [0.05, 0.1) is 24.4 Å². The van der Waals surface area contributed by atoms with Gasteiger partial charge in [-0.1, -0.05) is 0 Å². The minimum atomic E-state index is -0.581. The lowest BCUT2D eigenvalue weighted by molar-refractivity contribution is -0.385. The van der Waals surface area contributed by atoms with E-state index in [9.17, 15) is 14.9 Å². The Balaban J connectivity index is 2.39. The summed E-state index contributed by atoms with van der Waals surface area (Å²) in [6.07, 6.45) is 1.19. The number of nitro groups is 1. The molecule has 0 bridgehead atoms. The average molecular weight is 389 g/mol. The maximum absolute atomic E-state index is 11.4. The number of rotatable bonds is 4. The van der Waals surface area contributed by atoms with Crippen LogP contribution in [0.25, 0.3) is 0 Å². The smallest absolute Gasteiger partial charge is 0.314 e. The van der Waals surface area contributed by atoms with Crippen molar-refractivity contribution in [3.05, 3.63) is 48.6 Å². The van der Waals surface area contributed by atoms with Crippen LogP contribution in [-0.4, -0.2) is 22.0 Å². The molecule has 0 spiro atoms. The van der Waals surface area contributed by atoms with E-state index in [1.807, 2.05) is 0 Å². The molecule has 1 aromatic heterocycles. The van der Waals surface area contributed by atoms with Crippen molar-refractivity contribution in [2.24, 2.45) is 0 Å². The number of ether oxygens (including phenoxy) is 2. The molecule has 0 saturated heterocycles. The molecule has 0 amide bonds. The zero-order valence-electron chi connectivity index (χ0n) is 10.1. The highest BCUT2D eigenvalue weighted by atomic mass is 127. The van der Waals surface area contributed by atoms with Crippen LogP contribution in [-0.2, 0) is 0 Å². The number of halogens is 1. The van der Waals surface area contributed by atoms with Gasteiger partial charge in [-0.15, -0.1) is 0 Å². The number of aromatic amines is 1. The highest BCUT2D eigenvalue weighted by molar-refractivity contribution is 14.1. The summed E-state index contributed by atoms with van der Waals surface area (Å²) >= 11 is 1.78. The van der Waals surface area contributed by atoms with Crippen molar-refractivity contribution in [1.82, 2.24) is 9.97 Å². The number of hydrogen-bond acceptors (Lipinski definition) is 6. The molecule has 9 heteroatoms. The maximum Gasteiger partial charge on any atom is 0.314 e. The largest absolute Gasteiger partial charge is 0.490 e. The summed E-state index contributed by atoms with van der Waals surface area (Å²) in [7, 11) is 1.34. The lowest BCUT2D eigenvalue weighted by Gasteiger charge is -2.07. The lowest BCUT2D eigenvalue weighted by atomic mass is 10.3. The predicted octanol–water partition coefficient (Wildman–Crippen LogP) is 2.08. The average Bonchev–Trinajstić information content (AvgIpc) is 2.43. The van der Waals surface area contributed by atoms with Crippen molar-refractivity contribution < 1.29 is 14.4 Å². The Morgan fingerprint density at radius 3 is 2.85 bits per heavy atom. The molecule has 1 aromatic carbocycles. The van der Waals surface area contributed by atoms with Crippen LogP contribution >= 0.6 is 22.6 Å². The zero-order chi connectivity index (χ0) is 14.7. The van der Waals surface area contributed by atoms with E-state index in [4.69, 9.17) is 9.47 Å². The number of nitrogens with one attached hydrogen (secondary N) is 1. The fraction of sp³-hybridized carbons (Fsp3) is 0.0909. The first kappa shape index (κ1) is 14.2. The Morgan fingerprint density at radius 1 is 1.45 bits per heavy atom. The van der Waals surface area contributed by atoms with Crippen LogP contribution in [0.4, 0.5) is 5.69 Å². The summed E-state index contributed by atoms with van der Waals surface area (Å²) in [6, 6.07) is 4.11. The molecule has 0 radical (unpaired) electrons. The minimum absolute atomic E-state index is 0.0776. The molecule has 0 atom stereocenters. The van der Waals surface area contributed by atoms with Gasteiger partial charge in [0.25, 0.3) is 5.56 Å². The molecule has 0 aliphatic rings. The van der Waals surface area contributed by atoms with Crippen molar-refractivity contribution in [2.45, 2.75) is 0 Å². The first-order chi connectivity index (χ1) is 9.52. The van der Waals surface area contributed by atoms with Gasteiger partial charge in [0.1, 0.15) is 9.32 Å². The second kappa shape index (κ2) is 5.86. The summed E-state index contributed by atoms with van der Waals surface area (Å²) in [5.41, 5.74) is -0.580. The predicted molar refractivity (Wildman–Crippen MR) is 77.3 cm³/mol. The van der Waals surface area contributed by atoms with Crippen LogP contribution in [0.3, 0.4) is 0 Å². The normalized spacial score (nSPS) is 10.1. The summed E-state index contributed by atoms with van der Waals surface area (Å²) in [4.78, 5) is 28.0. The third-order valence-electron chi connectivity index (χ3n) is 2.33. The first-order valence-corrected chi connectivity index (χ1v) is 6.34. The summed E-state index contributed by atoms with van der Waals surface area (Å²) in [5.74, 6) is 0.387. The van der Waals surface area contributed by atoms with Crippen LogP contribution in [0.2, 0.25) is 0 Å². The highest BCUT2D eigenvalue weighted by Crippen LogP contribution is 2.32. The molecule has 2 aromatic rings. The van der Waals surface area contributed by atoms with Crippen LogP contribution in [0.5, 0.6) is 17.4 Å². The molecular weight excluding hydrogens is 381 g/mol. The number of nitro benzene ring substituents is 1. The quantitative estimate of drug-likeness (QED) is 0.488. The van der Waals surface area contributed by atoms with Crippen LogP contribution < -0.4 is 15.0 Å². The number of benzene rings is 1. The standard InChI is InChI=1S/C11H8IN3O5/c1-19-8-3-2-6(4-7(8)15(17)18)20-11-9(12)10(16)13-5-14-11/h2-5H,1H3,(H,13,14,16). The van der Waals surface area contributed by atoms with E-state index in [1.54, 1.807) is 22.6 Å². The molecule has 1 heterocycles. The highest BCUT2D eigenvalue weighted by Gasteiger charge is 2.17. The van der Waals surface area contributed by atoms with Gasteiger partial charge in [-0.3, -0.25) is 14.9 Å². The fourth-order valence-corrected chi connectivity index (χ4v) is 1.83. The molecule has 0 fully saturated rings. The maximum atomic E-state index is 11.4. The van der Waals surface area contributed by atoms with Gasteiger partial charge in [0.15, 0.2) is 5.75 Å². The minimum Gasteiger partial charge on any atom is -0.490 e. The summed E-state index contributed by atoms with van der Waals surface area (Å²) in [5, 5.41) is 10.9. The zero-order valence-corrected chi connectivity index (χ0v) is 12.3. The fourth-order valence-electron chi connectivity index (χ4n) is 1.43. The third-order valence-corrected chi connectivity index (χ3v) is 3.28. The van der Waals surface area contributed by atoms with Crippen molar-refractivity contribution in [3.63, 3.8) is 0 Å². The Bertz CT molecular complexity index is 715. The number of hydrogen-bond donors (Lipinski definition) is 1. The van der Waals surface area contributed by atoms with Crippen molar-refractivity contribution in [1.29, 1.82) is 0 Å². The van der Waals surface area contributed by atoms with Crippen molar-refractivity contribution in [2.75, 3.05) is 7.11 Å². The summed E-state index contributed by atoms with van der Waals surface area (Å²) < 4.78 is 10.5. The third kappa shape index (κ3) is 2.87. The molecular formula is C11H8IN3O5. The SMILES string of the molecule is COc1ccc(Oc2nc[nH]c(=O)c2I)cc1[N+](=O)[O-]. The number of methoxy groups -OCH3 is 1. The Hall–Kier alpha value is -2.17. The van der Waals surface area contributed by atoms with E-state index in [0.29, 0.717) is 0 Å². The second-order valence-electron chi connectivity index (χ2n) is 3.54. The van der Waals surface area contributed by atoms with E-state index < -0.39 is 4.92 Å². The molecule has 0 aliphatic carbocycles.